The van der Waals surface area contributed by atoms with Gasteiger partial charge in [0, 0.05) is 25.5 Å². The van der Waals surface area contributed by atoms with E-state index in [4.69, 9.17) is 0 Å². The third-order valence-electron chi connectivity index (χ3n) is 5.66. The molecular formula is C24H48N2. The van der Waals surface area contributed by atoms with Crippen molar-refractivity contribution >= 4 is 0 Å². The first kappa shape index (κ1) is 23.4. The van der Waals surface area contributed by atoms with Crippen LogP contribution in [0.2, 0.25) is 0 Å². The molecule has 2 nitrogen and oxygen atoms in total. The Morgan fingerprint density at radius 1 is 0.462 bits per heavy atom. The summed E-state index contributed by atoms with van der Waals surface area (Å²) in [4.78, 5) is 4.89. The Balaban J connectivity index is 1.71. The van der Waals surface area contributed by atoms with Gasteiger partial charge in [-0.25, -0.2) is 0 Å². The van der Waals surface area contributed by atoms with Gasteiger partial charge in [-0.1, -0.05) is 110 Å². The van der Waals surface area contributed by atoms with Crippen molar-refractivity contribution in [2.24, 2.45) is 0 Å². The summed E-state index contributed by atoms with van der Waals surface area (Å²) in [5, 5.41) is 0. The van der Waals surface area contributed by atoms with E-state index in [0.29, 0.717) is 0 Å². The standard InChI is InChI=1S/C24H48N2/c1-3-5-6-7-8-9-10-11-12-13-14-15-16-17-18-19-21-26-23-22-25(24-26)20-4-2/h22-23H,3-21,24H2,1-2H3. The molecule has 0 fully saturated rings. The van der Waals surface area contributed by atoms with Gasteiger partial charge >= 0.3 is 0 Å². The van der Waals surface area contributed by atoms with Crippen LogP contribution < -0.4 is 0 Å². The predicted octanol–water partition coefficient (Wildman–Crippen LogP) is 7.70. The van der Waals surface area contributed by atoms with Gasteiger partial charge in [0.15, 0.2) is 0 Å². The quantitative estimate of drug-likeness (QED) is 0.217. The summed E-state index contributed by atoms with van der Waals surface area (Å²) in [5.41, 5.74) is 0. The lowest BCUT2D eigenvalue weighted by molar-refractivity contribution is 0.261. The first-order valence-electron chi connectivity index (χ1n) is 12.0. The van der Waals surface area contributed by atoms with Crippen LogP contribution >= 0.6 is 0 Å². The highest BCUT2D eigenvalue weighted by Crippen LogP contribution is 2.14. The van der Waals surface area contributed by atoms with Crippen LogP contribution in [0.1, 0.15) is 123 Å². The van der Waals surface area contributed by atoms with Crippen molar-refractivity contribution < 1.29 is 0 Å². The molecule has 0 unspecified atom stereocenters. The summed E-state index contributed by atoms with van der Waals surface area (Å²) in [7, 11) is 0. The van der Waals surface area contributed by atoms with Crippen LogP contribution in [0, 0.1) is 0 Å². The fraction of sp³-hybridized carbons (Fsp3) is 0.917. The zero-order valence-electron chi connectivity index (χ0n) is 18.2. The molecule has 0 amide bonds. The van der Waals surface area contributed by atoms with E-state index in [1.165, 1.54) is 122 Å². The predicted molar refractivity (Wildman–Crippen MR) is 117 cm³/mol. The number of unbranched alkanes of at least 4 members (excludes halogenated alkanes) is 15. The fourth-order valence-electron chi connectivity index (χ4n) is 3.96. The minimum absolute atomic E-state index is 1.12. The van der Waals surface area contributed by atoms with E-state index in [0.717, 1.165) is 6.67 Å². The third-order valence-corrected chi connectivity index (χ3v) is 5.66. The molecule has 0 spiro atoms. The van der Waals surface area contributed by atoms with Gasteiger partial charge in [-0.3, -0.25) is 0 Å². The summed E-state index contributed by atoms with van der Waals surface area (Å²) >= 11 is 0. The molecule has 0 aliphatic carbocycles. The lowest BCUT2D eigenvalue weighted by atomic mass is 10.0. The van der Waals surface area contributed by atoms with E-state index in [1.807, 2.05) is 0 Å². The van der Waals surface area contributed by atoms with Crippen LogP contribution in [-0.2, 0) is 0 Å². The van der Waals surface area contributed by atoms with Gasteiger partial charge in [-0.15, -0.1) is 0 Å². The second-order valence-corrected chi connectivity index (χ2v) is 8.37. The summed E-state index contributed by atoms with van der Waals surface area (Å²) in [5.74, 6) is 0. The molecule has 154 valence electrons. The van der Waals surface area contributed by atoms with Crippen molar-refractivity contribution in [2.75, 3.05) is 19.8 Å². The Morgan fingerprint density at radius 2 is 0.846 bits per heavy atom. The maximum Gasteiger partial charge on any atom is 0.0893 e. The van der Waals surface area contributed by atoms with E-state index < -0.39 is 0 Å². The molecule has 0 bridgehead atoms. The molecule has 0 radical (unpaired) electrons. The zero-order chi connectivity index (χ0) is 18.7. The first-order chi connectivity index (χ1) is 12.9. The largest absolute Gasteiger partial charge is 0.359 e. The molecular weight excluding hydrogens is 316 g/mol. The maximum absolute atomic E-state index is 2.47. The Bertz CT molecular complexity index is 313. The Labute approximate surface area is 165 Å². The highest BCUT2D eigenvalue weighted by Gasteiger charge is 2.09. The van der Waals surface area contributed by atoms with E-state index in [9.17, 15) is 0 Å². The summed E-state index contributed by atoms with van der Waals surface area (Å²) in [6.07, 6.45) is 29.0. The van der Waals surface area contributed by atoms with Gasteiger partial charge in [-0.05, 0) is 12.8 Å². The molecule has 0 aromatic carbocycles. The molecule has 0 saturated carbocycles. The van der Waals surface area contributed by atoms with E-state index >= 15 is 0 Å². The number of nitrogens with zero attached hydrogens (tertiary/aromatic N) is 2. The topological polar surface area (TPSA) is 6.48 Å². The zero-order valence-corrected chi connectivity index (χ0v) is 18.2. The van der Waals surface area contributed by atoms with Gasteiger partial charge in [0.25, 0.3) is 0 Å². The van der Waals surface area contributed by atoms with Crippen LogP contribution in [0.15, 0.2) is 12.4 Å². The summed E-state index contributed by atoms with van der Waals surface area (Å²) < 4.78 is 0. The van der Waals surface area contributed by atoms with Crippen LogP contribution in [0.5, 0.6) is 0 Å². The van der Waals surface area contributed by atoms with Crippen LogP contribution in [-0.4, -0.2) is 29.6 Å². The van der Waals surface area contributed by atoms with Crippen molar-refractivity contribution in [3.05, 3.63) is 12.4 Å². The number of hydrogen-bond acceptors (Lipinski definition) is 2. The molecule has 0 atom stereocenters. The van der Waals surface area contributed by atoms with Gasteiger partial charge in [0.1, 0.15) is 0 Å². The summed E-state index contributed by atoms with van der Waals surface area (Å²) in [6, 6.07) is 0. The van der Waals surface area contributed by atoms with Crippen molar-refractivity contribution in [1.29, 1.82) is 0 Å². The molecule has 1 aliphatic heterocycles. The summed E-state index contributed by atoms with van der Waals surface area (Å²) in [6.45, 7) is 8.12. The molecule has 0 saturated heterocycles. The molecule has 1 aliphatic rings. The highest BCUT2D eigenvalue weighted by atomic mass is 15.3. The van der Waals surface area contributed by atoms with Crippen molar-refractivity contribution in [2.45, 2.75) is 123 Å². The van der Waals surface area contributed by atoms with Crippen molar-refractivity contribution in [1.82, 2.24) is 9.80 Å². The molecule has 0 aromatic heterocycles. The smallest absolute Gasteiger partial charge is 0.0893 e. The number of hydrogen-bond donors (Lipinski definition) is 0. The van der Waals surface area contributed by atoms with Gasteiger partial charge in [0.2, 0.25) is 0 Å². The SMILES string of the molecule is CCCCCCCCCCCCCCCCCCN1C=CN(CCC)C1. The minimum atomic E-state index is 1.12. The molecule has 1 rings (SSSR count). The average molecular weight is 365 g/mol. The lowest BCUT2D eigenvalue weighted by Crippen LogP contribution is -2.26. The van der Waals surface area contributed by atoms with Crippen LogP contribution in [0.25, 0.3) is 0 Å². The van der Waals surface area contributed by atoms with E-state index in [-0.39, 0.29) is 0 Å². The normalized spacial score (nSPS) is 13.9. The molecule has 0 aromatic rings. The Hall–Kier alpha value is -0.660. The van der Waals surface area contributed by atoms with Crippen LogP contribution in [0.4, 0.5) is 0 Å². The van der Waals surface area contributed by atoms with E-state index in [1.54, 1.807) is 0 Å². The van der Waals surface area contributed by atoms with Gasteiger partial charge in [0.05, 0.1) is 6.67 Å². The highest BCUT2D eigenvalue weighted by molar-refractivity contribution is 4.90. The van der Waals surface area contributed by atoms with Gasteiger partial charge in [-0.2, -0.15) is 0 Å². The Kier molecular flexibility index (Phi) is 16.0. The molecule has 2 heteroatoms. The monoisotopic (exact) mass is 364 g/mol. The van der Waals surface area contributed by atoms with Crippen molar-refractivity contribution in [3.63, 3.8) is 0 Å². The van der Waals surface area contributed by atoms with Crippen molar-refractivity contribution in [3.8, 4) is 0 Å². The Morgan fingerprint density at radius 3 is 1.27 bits per heavy atom. The number of rotatable bonds is 19. The maximum atomic E-state index is 2.47. The van der Waals surface area contributed by atoms with E-state index in [2.05, 4.69) is 36.0 Å². The first-order valence-corrected chi connectivity index (χ1v) is 12.0. The van der Waals surface area contributed by atoms with Gasteiger partial charge < -0.3 is 9.80 Å². The minimum Gasteiger partial charge on any atom is -0.359 e. The second-order valence-electron chi connectivity index (χ2n) is 8.37. The fourth-order valence-corrected chi connectivity index (χ4v) is 3.96. The second kappa shape index (κ2) is 17.7. The van der Waals surface area contributed by atoms with Crippen LogP contribution in [0.3, 0.4) is 0 Å². The average Bonchev–Trinajstić information content (AvgIpc) is 3.09. The molecule has 0 N–H and O–H groups in total. The molecule has 1 heterocycles. The molecule has 26 heavy (non-hydrogen) atoms. The third kappa shape index (κ3) is 13.5. The lowest BCUT2D eigenvalue weighted by Gasteiger charge is -2.20.